The molecule has 0 aliphatic rings. The van der Waals surface area contributed by atoms with Crippen molar-refractivity contribution in [1.82, 2.24) is 4.98 Å². The highest BCUT2D eigenvalue weighted by Gasteiger charge is 1.99. The van der Waals surface area contributed by atoms with Gasteiger partial charge in [-0.3, -0.25) is 0 Å². The van der Waals surface area contributed by atoms with E-state index < -0.39 is 0 Å². The predicted octanol–water partition coefficient (Wildman–Crippen LogP) is 3.71. The third-order valence-corrected chi connectivity index (χ3v) is 2.94. The number of unbranched alkanes of at least 4 members (excludes halogenated alkanes) is 1. The number of aliphatic hydroxyl groups is 1. The molecule has 2 aromatic rings. The summed E-state index contributed by atoms with van der Waals surface area (Å²) in [5, 5.41) is 8.94. The van der Waals surface area contributed by atoms with Crippen molar-refractivity contribution in [2.75, 3.05) is 0 Å². The topological polar surface area (TPSA) is 42.4 Å². The maximum Gasteiger partial charge on any atom is 0.219 e. The zero-order chi connectivity index (χ0) is 13.5. The van der Waals surface area contributed by atoms with Crippen LogP contribution in [0, 0.1) is 0 Å². The van der Waals surface area contributed by atoms with E-state index in [1.54, 1.807) is 18.3 Å². The number of nitrogens with zero attached hydrogens (tertiary/aromatic N) is 1. The van der Waals surface area contributed by atoms with E-state index >= 15 is 0 Å². The fourth-order valence-corrected chi connectivity index (χ4v) is 1.79. The summed E-state index contributed by atoms with van der Waals surface area (Å²) in [6.45, 7) is 2.19. The van der Waals surface area contributed by atoms with Crippen LogP contribution in [0.4, 0.5) is 0 Å². The molecular weight excluding hydrogens is 238 g/mol. The molecule has 1 aromatic heterocycles. The number of ether oxygens (including phenoxy) is 1. The fraction of sp³-hybridized carbons (Fsp3) is 0.312. The van der Waals surface area contributed by atoms with Crippen molar-refractivity contribution in [3.63, 3.8) is 0 Å². The zero-order valence-electron chi connectivity index (χ0n) is 11.2. The van der Waals surface area contributed by atoms with Gasteiger partial charge in [-0.2, -0.15) is 0 Å². The quantitative estimate of drug-likeness (QED) is 0.857. The third-order valence-electron chi connectivity index (χ3n) is 2.94. The van der Waals surface area contributed by atoms with Crippen molar-refractivity contribution in [1.29, 1.82) is 0 Å². The van der Waals surface area contributed by atoms with E-state index in [-0.39, 0.29) is 6.61 Å². The summed E-state index contributed by atoms with van der Waals surface area (Å²) < 4.78 is 5.64. The summed E-state index contributed by atoms with van der Waals surface area (Å²) in [7, 11) is 0. The van der Waals surface area contributed by atoms with Gasteiger partial charge in [0.1, 0.15) is 5.75 Å². The van der Waals surface area contributed by atoms with Gasteiger partial charge in [0.15, 0.2) is 0 Å². The highest BCUT2D eigenvalue weighted by molar-refractivity contribution is 5.31. The second-order valence-corrected chi connectivity index (χ2v) is 4.51. The molecule has 0 bridgehead atoms. The second-order valence-electron chi connectivity index (χ2n) is 4.51. The Labute approximate surface area is 113 Å². The number of aromatic nitrogens is 1. The molecule has 0 saturated heterocycles. The van der Waals surface area contributed by atoms with Gasteiger partial charge in [0, 0.05) is 12.3 Å². The minimum atomic E-state index is -0.000590. The largest absolute Gasteiger partial charge is 0.439 e. The maximum absolute atomic E-state index is 8.94. The summed E-state index contributed by atoms with van der Waals surface area (Å²) >= 11 is 0. The molecule has 100 valence electrons. The molecule has 0 atom stereocenters. The van der Waals surface area contributed by atoms with Crippen LogP contribution in [0.3, 0.4) is 0 Å². The van der Waals surface area contributed by atoms with E-state index in [1.807, 2.05) is 12.1 Å². The average molecular weight is 257 g/mol. The first-order chi connectivity index (χ1) is 9.31. The molecule has 0 aliphatic carbocycles. The van der Waals surface area contributed by atoms with Crippen molar-refractivity contribution in [3.05, 3.63) is 53.7 Å². The SMILES string of the molecule is CCCCc1ccc(Oc2ccc(CO)cn2)cc1. The predicted molar refractivity (Wildman–Crippen MR) is 75.3 cm³/mol. The smallest absolute Gasteiger partial charge is 0.219 e. The summed E-state index contributed by atoms with van der Waals surface area (Å²) in [5.74, 6) is 1.32. The van der Waals surface area contributed by atoms with E-state index in [0.29, 0.717) is 5.88 Å². The van der Waals surface area contributed by atoms with Gasteiger partial charge in [-0.05, 0) is 42.2 Å². The van der Waals surface area contributed by atoms with Crippen molar-refractivity contribution in [2.24, 2.45) is 0 Å². The van der Waals surface area contributed by atoms with Gasteiger partial charge in [0.25, 0.3) is 0 Å². The first-order valence-electron chi connectivity index (χ1n) is 6.64. The van der Waals surface area contributed by atoms with Crippen molar-refractivity contribution < 1.29 is 9.84 Å². The average Bonchev–Trinajstić information content (AvgIpc) is 2.47. The number of aryl methyl sites for hydroxylation is 1. The molecule has 3 nitrogen and oxygen atoms in total. The molecule has 0 aliphatic heterocycles. The standard InChI is InChI=1S/C16H19NO2/c1-2-3-4-13-5-8-15(9-6-13)19-16-10-7-14(12-18)11-17-16/h5-11,18H,2-4,12H2,1H3. The molecule has 19 heavy (non-hydrogen) atoms. The van der Waals surface area contributed by atoms with Gasteiger partial charge >= 0.3 is 0 Å². The van der Waals surface area contributed by atoms with Crippen LogP contribution in [-0.4, -0.2) is 10.1 Å². The summed E-state index contributed by atoms with van der Waals surface area (Å²) in [5.41, 5.74) is 2.11. The van der Waals surface area contributed by atoms with Crippen LogP contribution in [-0.2, 0) is 13.0 Å². The van der Waals surface area contributed by atoms with Crippen molar-refractivity contribution >= 4 is 0 Å². The Morgan fingerprint density at radius 1 is 1.05 bits per heavy atom. The molecule has 0 spiro atoms. The second kappa shape index (κ2) is 6.90. The van der Waals surface area contributed by atoms with E-state index in [1.165, 1.54) is 18.4 Å². The number of aliphatic hydroxyl groups excluding tert-OH is 1. The van der Waals surface area contributed by atoms with E-state index in [0.717, 1.165) is 17.7 Å². The Morgan fingerprint density at radius 2 is 1.79 bits per heavy atom. The van der Waals surface area contributed by atoms with Crippen LogP contribution in [0.2, 0.25) is 0 Å². The van der Waals surface area contributed by atoms with Gasteiger partial charge in [0.2, 0.25) is 5.88 Å². The monoisotopic (exact) mass is 257 g/mol. The van der Waals surface area contributed by atoms with Crippen LogP contribution in [0.1, 0.15) is 30.9 Å². The minimum Gasteiger partial charge on any atom is -0.439 e. The molecule has 0 unspecified atom stereocenters. The first kappa shape index (κ1) is 13.6. The van der Waals surface area contributed by atoms with E-state index in [9.17, 15) is 0 Å². The molecule has 0 radical (unpaired) electrons. The third kappa shape index (κ3) is 4.07. The summed E-state index contributed by atoms with van der Waals surface area (Å²) in [6.07, 6.45) is 5.15. The zero-order valence-corrected chi connectivity index (χ0v) is 11.2. The van der Waals surface area contributed by atoms with Crippen molar-refractivity contribution in [3.8, 4) is 11.6 Å². The van der Waals surface area contributed by atoms with Gasteiger partial charge in [0.05, 0.1) is 6.61 Å². The summed E-state index contributed by atoms with van der Waals surface area (Å²) in [4.78, 5) is 4.13. The highest BCUT2D eigenvalue weighted by atomic mass is 16.5. The number of hydrogen-bond acceptors (Lipinski definition) is 3. The number of rotatable bonds is 6. The molecule has 0 amide bonds. The van der Waals surface area contributed by atoms with Gasteiger partial charge in [-0.25, -0.2) is 4.98 Å². The lowest BCUT2D eigenvalue weighted by molar-refractivity contribution is 0.281. The molecule has 0 saturated carbocycles. The van der Waals surface area contributed by atoms with Gasteiger partial charge < -0.3 is 9.84 Å². The molecule has 1 heterocycles. The Balaban J connectivity index is 1.98. The van der Waals surface area contributed by atoms with Crippen LogP contribution in [0.25, 0.3) is 0 Å². The lowest BCUT2D eigenvalue weighted by Crippen LogP contribution is -1.91. The summed E-state index contributed by atoms with van der Waals surface area (Å²) in [6, 6.07) is 11.7. The Kier molecular flexibility index (Phi) is 4.93. The van der Waals surface area contributed by atoms with Gasteiger partial charge in [-0.1, -0.05) is 25.5 Å². The molecule has 1 aromatic carbocycles. The van der Waals surface area contributed by atoms with E-state index in [2.05, 4.69) is 24.0 Å². The van der Waals surface area contributed by atoms with Crippen molar-refractivity contribution in [2.45, 2.75) is 32.8 Å². The first-order valence-corrected chi connectivity index (χ1v) is 6.64. The molecule has 1 N–H and O–H groups in total. The van der Waals surface area contributed by atoms with Crippen LogP contribution in [0.15, 0.2) is 42.6 Å². The lowest BCUT2D eigenvalue weighted by atomic mass is 10.1. The molecule has 0 fully saturated rings. The lowest BCUT2D eigenvalue weighted by Gasteiger charge is -2.06. The molecule has 2 rings (SSSR count). The van der Waals surface area contributed by atoms with Crippen LogP contribution < -0.4 is 4.74 Å². The number of hydrogen-bond donors (Lipinski definition) is 1. The maximum atomic E-state index is 8.94. The normalized spacial score (nSPS) is 10.4. The van der Waals surface area contributed by atoms with Crippen LogP contribution in [0.5, 0.6) is 11.6 Å². The number of pyridine rings is 1. The molecular formula is C16H19NO2. The van der Waals surface area contributed by atoms with Gasteiger partial charge in [-0.15, -0.1) is 0 Å². The highest BCUT2D eigenvalue weighted by Crippen LogP contribution is 2.20. The minimum absolute atomic E-state index is 0.000590. The van der Waals surface area contributed by atoms with Crippen LogP contribution >= 0.6 is 0 Å². The fourth-order valence-electron chi connectivity index (χ4n) is 1.79. The van der Waals surface area contributed by atoms with E-state index in [4.69, 9.17) is 9.84 Å². The number of benzene rings is 1. The Hall–Kier alpha value is -1.87. The molecule has 3 heteroatoms. The Bertz CT molecular complexity index is 491. The Morgan fingerprint density at radius 3 is 2.37 bits per heavy atom.